The maximum atomic E-state index is 13.9. The van der Waals surface area contributed by atoms with Crippen LogP contribution < -0.4 is 4.74 Å². The summed E-state index contributed by atoms with van der Waals surface area (Å²) in [6.45, 7) is 4.05. The van der Waals surface area contributed by atoms with E-state index in [2.05, 4.69) is 20.9 Å². The molecule has 0 aliphatic carbocycles. The van der Waals surface area contributed by atoms with Gasteiger partial charge in [0, 0.05) is 0 Å². The van der Waals surface area contributed by atoms with Gasteiger partial charge in [-0.25, -0.2) is 9.37 Å². The smallest absolute Gasteiger partial charge is 0.159 e. The normalized spacial score (nSPS) is 19.9. The zero-order valence-electron chi connectivity index (χ0n) is 9.94. The minimum absolute atomic E-state index is 0.0146. The molecule has 2 aromatic rings. The van der Waals surface area contributed by atoms with Crippen LogP contribution in [-0.4, -0.2) is 21.3 Å². The fraction of sp³-hybridized carbons (Fsp3) is 0.417. The first-order valence-electron chi connectivity index (χ1n) is 5.71. The molecule has 1 aliphatic rings. The average Bonchev–Trinajstić information content (AvgIpc) is 2.69. The topological polar surface area (TPSA) is 47.3 Å². The molecule has 1 aromatic carbocycles. The highest BCUT2D eigenvalue weighted by atomic mass is 79.9. The predicted octanol–water partition coefficient (Wildman–Crippen LogP) is 2.94. The quantitative estimate of drug-likeness (QED) is 0.880. The largest absolute Gasteiger partial charge is 0.488 e. The number of hydrogen-bond donors (Lipinski definition) is 1. The molecule has 96 valence electrons. The van der Waals surface area contributed by atoms with E-state index in [1.165, 1.54) is 6.07 Å². The molecule has 0 radical (unpaired) electrons. The van der Waals surface area contributed by atoms with Crippen molar-refractivity contribution >= 4 is 27.0 Å². The fourth-order valence-electron chi connectivity index (χ4n) is 2.35. The highest BCUT2D eigenvalue weighted by Crippen LogP contribution is 2.41. The molecule has 1 aliphatic heterocycles. The van der Waals surface area contributed by atoms with Gasteiger partial charge in [-0.05, 0) is 35.8 Å². The van der Waals surface area contributed by atoms with Gasteiger partial charge in [0.05, 0.1) is 10.5 Å². The molecule has 0 spiro atoms. The Balaban J connectivity index is 2.47. The van der Waals surface area contributed by atoms with Gasteiger partial charge in [0.25, 0.3) is 0 Å². The summed E-state index contributed by atoms with van der Waals surface area (Å²) in [4.78, 5) is 4.21. The lowest BCUT2D eigenvalue weighted by Gasteiger charge is -2.25. The maximum Gasteiger partial charge on any atom is 0.159 e. The van der Waals surface area contributed by atoms with Crippen molar-refractivity contribution in [3.63, 3.8) is 0 Å². The van der Waals surface area contributed by atoms with Crippen LogP contribution in [0.2, 0.25) is 0 Å². The van der Waals surface area contributed by atoms with Crippen LogP contribution in [0.1, 0.15) is 31.8 Å². The number of hydrogen-bond acceptors (Lipinski definition) is 3. The summed E-state index contributed by atoms with van der Waals surface area (Å²) < 4.78 is 22.0. The van der Waals surface area contributed by atoms with Crippen molar-refractivity contribution in [1.82, 2.24) is 9.55 Å². The molecule has 3 rings (SSSR count). The zero-order chi connectivity index (χ0) is 13.0. The molecule has 0 fully saturated rings. The SMILES string of the molecule is CC(O)c1nc2c(F)cc(Br)c3c2n1C(C)CO3. The van der Waals surface area contributed by atoms with Crippen molar-refractivity contribution in [3.05, 3.63) is 22.2 Å². The van der Waals surface area contributed by atoms with Gasteiger partial charge in [0.1, 0.15) is 29.6 Å². The summed E-state index contributed by atoms with van der Waals surface area (Å²) in [5.74, 6) is 0.641. The fourth-order valence-corrected chi connectivity index (χ4v) is 2.85. The molecular weight excluding hydrogens is 303 g/mol. The van der Waals surface area contributed by atoms with Crippen molar-refractivity contribution in [1.29, 1.82) is 0 Å². The van der Waals surface area contributed by atoms with Gasteiger partial charge in [-0.1, -0.05) is 0 Å². The van der Waals surface area contributed by atoms with Gasteiger partial charge < -0.3 is 14.4 Å². The standard InChI is InChI=1S/C12H12BrFN2O2/c1-5-4-18-11-7(13)3-8(14)9-10(11)16(5)12(15-9)6(2)17/h3,5-6,17H,4H2,1-2H3. The summed E-state index contributed by atoms with van der Waals surface area (Å²) in [6, 6.07) is 1.36. The number of benzene rings is 1. The molecule has 0 amide bonds. The second kappa shape index (κ2) is 3.93. The number of aliphatic hydroxyl groups is 1. The molecule has 0 saturated heterocycles. The molecule has 1 N–H and O–H groups in total. The van der Waals surface area contributed by atoms with E-state index in [4.69, 9.17) is 4.74 Å². The summed E-state index contributed by atoms with van der Waals surface area (Å²) in [5.41, 5.74) is 0.854. The van der Waals surface area contributed by atoms with Crippen molar-refractivity contribution in [2.45, 2.75) is 26.0 Å². The first kappa shape index (κ1) is 11.9. The molecule has 1 aromatic heterocycles. The van der Waals surface area contributed by atoms with Crippen LogP contribution >= 0.6 is 15.9 Å². The molecule has 0 bridgehead atoms. The second-order valence-electron chi connectivity index (χ2n) is 4.54. The van der Waals surface area contributed by atoms with Crippen molar-refractivity contribution in [2.24, 2.45) is 0 Å². The number of rotatable bonds is 1. The van der Waals surface area contributed by atoms with E-state index in [9.17, 15) is 9.50 Å². The highest BCUT2D eigenvalue weighted by Gasteiger charge is 2.29. The Morgan fingerprint density at radius 1 is 1.67 bits per heavy atom. The van der Waals surface area contributed by atoms with Crippen molar-refractivity contribution in [3.8, 4) is 5.75 Å². The van der Waals surface area contributed by atoms with Crippen LogP contribution in [0.15, 0.2) is 10.5 Å². The molecule has 2 heterocycles. The number of ether oxygens (including phenoxy) is 1. The molecule has 2 atom stereocenters. The minimum atomic E-state index is -0.746. The van der Waals surface area contributed by atoms with Crippen LogP contribution in [-0.2, 0) is 0 Å². The van der Waals surface area contributed by atoms with Crippen LogP contribution in [0, 0.1) is 5.82 Å². The van der Waals surface area contributed by atoms with E-state index >= 15 is 0 Å². The third-order valence-corrected chi connectivity index (χ3v) is 3.72. The van der Waals surface area contributed by atoms with Gasteiger partial charge in [-0.15, -0.1) is 0 Å². The van der Waals surface area contributed by atoms with Gasteiger partial charge >= 0.3 is 0 Å². The number of aliphatic hydroxyl groups excluding tert-OH is 1. The van der Waals surface area contributed by atoms with Gasteiger partial charge in [-0.3, -0.25) is 0 Å². The monoisotopic (exact) mass is 314 g/mol. The molecule has 4 nitrogen and oxygen atoms in total. The third-order valence-electron chi connectivity index (χ3n) is 3.13. The van der Waals surface area contributed by atoms with E-state index in [-0.39, 0.29) is 11.6 Å². The minimum Gasteiger partial charge on any atom is -0.488 e. The molecule has 2 unspecified atom stereocenters. The third kappa shape index (κ3) is 1.48. The van der Waals surface area contributed by atoms with E-state index in [0.29, 0.717) is 28.2 Å². The summed E-state index contributed by atoms with van der Waals surface area (Å²) >= 11 is 3.29. The van der Waals surface area contributed by atoms with E-state index in [0.717, 1.165) is 0 Å². The van der Waals surface area contributed by atoms with Crippen molar-refractivity contribution < 1.29 is 14.2 Å². The van der Waals surface area contributed by atoms with E-state index < -0.39 is 11.9 Å². The summed E-state index contributed by atoms with van der Waals surface area (Å²) in [5, 5.41) is 9.77. The van der Waals surface area contributed by atoms with Crippen LogP contribution in [0.4, 0.5) is 4.39 Å². The zero-order valence-corrected chi connectivity index (χ0v) is 11.5. The number of imidazole rings is 1. The lowest BCUT2D eigenvalue weighted by Crippen LogP contribution is -2.22. The van der Waals surface area contributed by atoms with E-state index in [1.807, 2.05) is 11.5 Å². The number of aromatic nitrogens is 2. The van der Waals surface area contributed by atoms with Gasteiger partial charge in [0.15, 0.2) is 11.6 Å². The number of halogens is 2. The van der Waals surface area contributed by atoms with Gasteiger partial charge in [-0.2, -0.15) is 0 Å². The Labute approximate surface area is 112 Å². The average molecular weight is 315 g/mol. The molecular formula is C12H12BrFN2O2. The van der Waals surface area contributed by atoms with Crippen LogP contribution in [0.5, 0.6) is 5.75 Å². The molecule has 18 heavy (non-hydrogen) atoms. The first-order chi connectivity index (χ1) is 8.50. The number of nitrogens with zero attached hydrogens (tertiary/aromatic N) is 2. The van der Waals surface area contributed by atoms with Crippen LogP contribution in [0.25, 0.3) is 11.0 Å². The highest BCUT2D eigenvalue weighted by molar-refractivity contribution is 9.10. The lowest BCUT2D eigenvalue weighted by atomic mass is 10.2. The summed E-state index contributed by atoms with van der Waals surface area (Å²) in [7, 11) is 0. The Hall–Kier alpha value is -1.14. The Kier molecular flexibility index (Phi) is 2.60. The Bertz CT molecular complexity index is 639. The molecule has 6 heteroatoms. The maximum absolute atomic E-state index is 13.9. The second-order valence-corrected chi connectivity index (χ2v) is 5.40. The first-order valence-corrected chi connectivity index (χ1v) is 6.50. The predicted molar refractivity (Wildman–Crippen MR) is 68.2 cm³/mol. The Morgan fingerprint density at radius 3 is 3.06 bits per heavy atom. The van der Waals surface area contributed by atoms with E-state index in [1.54, 1.807) is 6.92 Å². The van der Waals surface area contributed by atoms with Crippen molar-refractivity contribution in [2.75, 3.05) is 6.61 Å². The molecule has 0 saturated carbocycles. The van der Waals surface area contributed by atoms with Gasteiger partial charge in [0.2, 0.25) is 0 Å². The Morgan fingerprint density at radius 2 is 2.39 bits per heavy atom. The lowest BCUT2D eigenvalue weighted by molar-refractivity contribution is 0.172. The summed E-state index contributed by atoms with van der Waals surface area (Å²) in [6.07, 6.45) is -0.746. The van der Waals surface area contributed by atoms with Crippen LogP contribution in [0.3, 0.4) is 0 Å².